The molecule has 0 aromatic carbocycles. The number of carbonyl (C=O) groups is 2. The lowest BCUT2D eigenvalue weighted by molar-refractivity contribution is -0.180. The smallest absolute Gasteiger partial charge is 0.321 e. The van der Waals surface area contributed by atoms with Gasteiger partial charge in [-0.2, -0.15) is 0 Å². The van der Waals surface area contributed by atoms with Crippen molar-refractivity contribution < 1.29 is 19.8 Å². The van der Waals surface area contributed by atoms with Crippen LogP contribution >= 0.6 is 0 Å². The van der Waals surface area contributed by atoms with Crippen molar-refractivity contribution in [3.8, 4) is 0 Å². The maximum Gasteiger partial charge on any atom is 0.321 e. The fourth-order valence-electron chi connectivity index (χ4n) is 6.69. The highest BCUT2D eigenvalue weighted by atomic mass is 16.4. The molecule has 25 heavy (non-hydrogen) atoms. The van der Waals surface area contributed by atoms with Gasteiger partial charge in [0, 0.05) is 24.2 Å². The number of piperidine rings is 2. The van der Waals surface area contributed by atoms with Crippen LogP contribution in [0.2, 0.25) is 0 Å². The fraction of sp³-hybridized carbons (Fsp3) is 0.895. The van der Waals surface area contributed by atoms with Gasteiger partial charge in [-0.15, -0.1) is 0 Å². The molecule has 6 heteroatoms. The van der Waals surface area contributed by atoms with Gasteiger partial charge in [0.25, 0.3) is 0 Å². The Bertz CT molecular complexity index is 502. The van der Waals surface area contributed by atoms with Crippen LogP contribution in [-0.2, 0) is 9.59 Å². The van der Waals surface area contributed by atoms with E-state index in [2.05, 4.69) is 23.9 Å². The molecule has 4 aliphatic heterocycles. The molecular formula is C19H30N2O4. The highest BCUT2D eigenvalue weighted by Crippen LogP contribution is 2.54. The summed E-state index contributed by atoms with van der Waals surface area (Å²) < 4.78 is 0. The van der Waals surface area contributed by atoms with Crippen molar-refractivity contribution in [3.05, 3.63) is 0 Å². The third-order valence-corrected chi connectivity index (χ3v) is 8.19. The van der Waals surface area contributed by atoms with Crippen molar-refractivity contribution in [1.29, 1.82) is 0 Å². The molecular weight excluding hydrogens is 320 g/mol. The molecule has 4 bridgehead atoms. The molecule has 140 valence electrons. The summed E-state index contributed by atoms with van der Waals surface area (Å²) in [4.78, 5) is 29.7. The molecule has 2 unspecified atom stereocenters. The van der Waals surface area contributed by atoms with Gasteiger partial charge in [-0.3, -0.25) is 9.59 Å². The van der Waals surface area contributed by atoms with Crippen LogP contribution in [-0.4, -0.2) is 70.2 Å². The Morgan fingerprint density at radius 1 is 0.720 bits per heavy atom. The van der Waals surface area contributed by atoms with Crippen LogP contribution in [0.1, 0.15) is 51.4 Å². The van der Waals surface area contributed by atoms with Gasteiger partial charge >= 0.3 is 11.9 Å². The zero-order chi connectivity index (χ0) is 17.9. The molecule has 0 aliphatic carbocycles. The Morgan fingerprint density at radius 2 is 1.00 bits per heavy atom. The Labute approximate surface area is 149 Å². The second-order valence-electron chi connectivity index (χ2n) is 8.92. The summed E-state index contributed by atoms with van der Waals surface area (Å²) in [6.45, 7) is 0. The Morgan fingerprint density at radius 3 is 1.24 bits per heavy atom. The molecule has 4 saturated heterocycles. The van der Waals surface area contributed by atoms with Gasteiger partial charge in [0.15, 0.2) is 5.41 Å². The molecule has 4 heterocycles. The van der Waals surface area contributed by atoms with Gasteiger partial charge in [-0.05, 0) is 77.3 Å². The van der Waals surface area contributed by atoms with Gasteiger partial charge in [0.2, 0.25) is 0 Å². The largest absolute Gasteiger partial charge is 0.480 e. The number of aliphatic carboxylic acids is 2. The summed E-state index contributed by atoms with van der Waals surface area (Å²) in [5.74, 6) is -2.68. The summed E-state index contributed by atoms with van der Waals surface area (Å²) in [5.41, 5.74) is -1.61. The van der Waals surface area contributed by atoms with E-state index < -0.39 is 17.4 Å². The van der Waals surface area contributed by atoms with Crippen molar-refractivity contribution in [2.75, 3.05) is 14.1 Å². The van der Waals surface area contributed by atoms with E-state index in [9.17, 15) is 19.8 Å². The van der Waals surface area contributed by atoms with Crippen LogP contribution in [0.5, 0.6) is 0 Å². The van der Waals surface area contributed by atoms with Crippen LogP contribution in [0.15, 0.2) is 0 Å². The van der Waals surface area contributed by atoms with E-state index in [1.165, 1.54) is 0 Å². The number of hydrogen-bond acceptors (Lipinski definition) is 4. The molecule has 0 aromatic rings. The van der Waals surface area contributed by atoms with Gasteiger partial charge in [-0.25, -0.2) is 0 Å². The molecule has 0 amide bonds. The van der Waals surface area contributed by atoms with E-state index in [4.69, 9.17) is 0 Å². The van der Waals surface area contributed by atoms with Crippen molar-refractivity contribution in [2.45, 2.75) is 75.5 Å². The van der Waals surface area contributed by atoms with Gasteiger partial charge < -0.3 is 20.0 Å². The maximum atomic E-state index is 12.5. The van der Waals surface area contributed by atoms with Crippen molar-refractivity contribution in [1.82, 2.24) is 9.80 Å². The lowest BCUT2D eigenvalue weighted by atomic mass is 9.59. The van der Waals surface area contributed by atoms with E-state index >= 15 is 0 Å². The van der Waals surface area contributed by atoms with Crippen molar-refractivity contribution in [3.63, 3.8) is 0 Å². The molecule has 6 atom stereocenters. The first-order chi connectivity index (χ1) is 11.9. The molecule has 2 N–H and O–H groups in total. The monoisotopic (exact) mass is 350 g/mol. The number of fused-ring (bicyclic) bond motifs is 4. The number of carboxylic acid groups (broad SMARTS) is 2. The number of nitrogens with zero attached hydrogens (tertiary/aromatic N) is 2. The first-order valence-electron chi connectivity index (χ1n) is 9.76. The average Bonchev–Trinajstić information content (AvgIpc) is 2.90. The predicted octanol–water partition coefficient (Wildman–Crippen LogP) is 1.89. The summed E-state index contributed by atoms with van der Waals surface area (Å²) in [6, 6.07) is 1.41. The maximum absolute atomic E-state index is 12.5. The van der Waals surface area contributed by atoms with Crippen LogP contribution in [0.3, 0.4) is 0 Å². The molecule has 4 aliphatic rings. The Hall–Kier alpha value is -1.14. The van der Waals surface area contributed by atoms with Crippen LogP contribution < -0.4 is 0 Å². The van der Waals surface area contributed by atoms with E-state index in [0.29, 0.717) is 49.9 Å². The van der Waals surface area contributed by atoms with Crippen molar-refractivity contribution in [2.24, 2.45) is 17.3 Å². The summed E-state index contributed by atoms with van der Waals surface area (Å²) in [7, 11) is 4.22. The van der Waals surface area contributed by atoms with Crippen molar-refractivity contribution >= 4 is 11.9 Å². The molecule has 0 aromatic heterocycles. The Balaban J connectivity index is 1.69. The number of rotatable bonds is 4. The molecule has 4 fully saturated rings. The first-order valence-corrected chi connectivity index (χ1v) is 9.76. The minimum atomic E-state index is -1.61. The molecule has 0 saturated carbocycles. The number of hydrogen-bond donors (Lipinski definition) is 2. The summed E-state index contributed by atoms with van der Waals surface area (Å²) in [5, 5.41) is 20.4. The van der Waals surface area contributed by atoms with E-state index in [1.807, 2.05) is 0 Å². The highest BCUT2D eigenvalue weighted by molar-refractivity contribution is 5.99. The topological polar surface area (TPSA) is 81.1 Å². The second-order valence-corrected chi connectivity index (χ2v) is 8.92. The first kappa shape index (κ1) is 17.3. The van der Waals surface area contributed by atoms with Gasteiger partial charge in [0.1, 0.15) is 0 Å². The second kappa shape index (κ2) is 5.95. The standard InChI is InChI=1S/C19H30N2O4/c1-20-13-3-4-14(20)8-11(7-13)19(17(22)23,18(24)25)12-9-15-5-6-16(10-12)21(15)2/h11-16H,3-10H2,1-2H3,(H,22,23)(H,24,25)/t11?,12?,13-,14+,15-,16+. The van der Waals surface area contributed by atoms with Gasteiger partial charge in [0.05, 0.1) is 0 Å². The van der Waals surface area contributed by atoms with Crippen LogP contribution in [0.4, 0.5) is 0 Å². The van der Waals surface area contributed by atoms with Gasteiger partial charge in [-0.1, -0.05) is 0 Å². The summed E-state index contributed by atoms with van der Waals surface area (Å²) >= 11 is 0. The quantitative estimate of drug-likeness (QED) is 0.754. The minimum Gasteiger partial charge on any atom is -0.480 e. The lowest BCUT2D eigenvalue weighted by Crippen LogP contribution is -2.58. The predicted molar refractivity (Wildman–Crippen MR) is 92.3 cm³/mol. The average molecular weight is 350 g/mol. The lowest BCUT2D eigenvalue weighted by Gasteiger charge is -2.49. The summed E-state index contributed by atoms with van der Waals surface area (Å²) in [6.07, 6.45) is 7.16. The fourth-order valence-corrected chi connectivity index (χ4v) is 6.69. The normalized spacial score (nSPS) is 41.8. The van der Waals surface area contributed by atoms with Crippen LogP contribution in [0, 0.1) is 17.3 Å². The zero-order valence-electron chi connectivity index (χ0n) is 15.2. The van der Waals surface area contributed by atoms with E-state index in [1.54, 1.807) is 0 Å². The van der Waals surface area contributed by atoms with E-state index in [-0.39, 0.29) is 11.8 Å². The molecule has 0 radical (unpaired) electrons. The highest BCUT2D eigenvalue weighted by Gasteiger charge is 2.62. The third kappa shape index (κ3) is 2.36. The minimum absolute atomic E-state index is 0.246. The molecule has 0 spiro atoms. The Kier molecular flexibility index (Phi) is 4.11. The third-order valence-electron chi connectivity index (χ3n) is 8.19. The van der Waals surface area contributed by atoms with Crippen LogP contribution in [0.25, 0.3) is 0 Å². The SMILES string of the molecule is CN1[C@@H]2CC[C@H]1CC(C(C(=O)O)(C(=O)O)C1C[C@H]3CC[C@@H](C1)N3C)C2. The molecule has 6 nitrogen and oxygen atoms in total. The van der Waals surface area contributed by atoms with E-state index in [0.717, 1.165) is 25.7 Å². The molecule has 4 rings (SSSR count). The number of carboxylic acids is 2. The zero-order valence-corrected chi connectivity index (χ0v) is 15.2.